The van der Waals surface area contributed by atoms with Crippen molar-refractivity contribution >= 4 is 21.9 Å². The third kappa shape index (κ3) is 3.87. The van der Waals surface area contributed by atoms with Crippen LogP contribution in [0.4, 0.5) is 0 Å². The van der Waals surface area contributed by atoms with Crippen LogP contribution in [0.15, 0.2) is 53.0 Å². The van der Waals surface area contributed by atoms with Crippen molar-refractivity contribution in [3.8, 4) is 0 Å². The van der Waals surface area contributed by atoms with E-state index in [2.05, 4.69) is 52.0 Å². The smallest absolute Gasteiger partial charge is 0.335 e. The number of hydrogen-bond donors (Lipinski definition) is 1. The fourth-order valence-corrected chi connectivity index (χ4v) is 3.67. The van der Waals surface area contributed by atoms with Crippen molar-refractivity contribution in [1.82, 2.24) is 4.90 Å². The molecular formula is C20H22BrNO2. The van der Waals surface area contributed by atoms with Crippen molar-refractivity contribution in [2.45, 2.75) is 31.7 Å². The molecule has 1 aliphatic rings. The number of benzene rings is 2. The van der Waals surface area contributed by atoms with Gasteiger partial charge in [-0.3, -0.25) is 4.90 Å². The molecule has 1 saturated heterocycles. The summed E-state index contributed by atoms with van der Waals surface area (Å²) in [6.45, 7) is 5.23. The highest BCUT2D eigenvalue weighted by Crippen LogP contribution is 2.35. The van der Waals surface area contributed by atoms with Gasteiger partial charge in [-0.25, -0.2) is 4.79 Å². The standard InChI is InChI=1S/C20H22BrNO2/c1-20(17-5-7-18(21)8-6-17)9-11-22(12-10-20)14-15-3-2-4-16(13-15)19(23)24/h2-8,13H,9-12,14H2,1H3,(H,23,24). The summed E-state index contributed by atoms with van der Waals surface area (Å²) in [7, 11) is 0. The Morgan fingerprint density at radius 3 is 2.46 bits per heavy atom. The lowest BCUT2D eigenvalue weighted by molar-refractivity contribution is 0.0696. The van der Waals surface area contributed by atoms with Crippen molar-refractivity contribution in [2.24, 2.45) is 0 Å². The van der Waals surface area contributed by atoms with Gasteiger partial charge in [0, 0.05) is 11.0 Å². The van der Waals surface area contributed by atoms with Crippen LogP contribution in [0.1, 0.15) is 41.3 Å². The van der Waals surface area contributed by atoms with Gasteiger partial charge in [0.15, 0.2) is 0 Å². The number of piperidine rings is 1. The van der Waals surface area contributed by atoms with Gasteiger partial charge in [0.25, 0.3) is 0 Å². The van der Waals surface area contributed by atoms with Crippen molar-refractivity contribution in [3.63, 3.8) is 0 Å². The van der Waals surface area contributed by atoms with E-state index in [4.69, 9.17) is 5.11 Å². The van der Waals surface area contributed by atoms with Crippen LogP contribution in [0.2, 0.25) is 0 Å². The third-order valence-electron chi connectivity index (χ3n) is 5.08. The molecule has 3 nitrogen and oxygen atoms in total. The number of carbonyl (C=O) groups is 1. The summed E-state index contributed by atoms with van der Waals surface area (Å²) in [6.07, 6.45) is 2.24. The Morgan fingerprint density at radius 1 is 1.17 bits per heavy atom. The monoisotopic (exact) mass is 387 g/mol. The first kappa shape index (κ1) is 17.2. The Kier molecular flexibility index (Phi) is 5.07. The highest BCUT2D eigenvalue weighted by molar-refractivity contribution is 9.10. The van der Waals surface area contributed by atoms with E-state index >= 15 is 0 Å². The highest BCUT2D eigenvalue weighted by Gasteiger charge is 2.31. The number of hydrogen-bond acceptors (Lipinski definition) is 2. The Morgan fingerprint density at radius 2 is 1.83 bits per heavy atom. The molecule has 0 radical (unpaired) electrons. The van der Waals surface area contributed by atoms with Crippen LogP contribution in [0, 0.1) is 0 Å². The van der Waals surface area contributed by atoms with Crippen LogP contribution in [0.25, 0.3) is 0 Å². The Balaban J connectivity index is 1.63. The van der Waals surface area contributed by atoms with Gasteiger partial charge in [-0.05, 0) is 66.7 Å². The van der Waals surface area contributed by atoms with Crippen LogP contribution < -0.4 is 0 Å². The minimum Gasteiger partial charge on any atom is -0.478 e. The molecule has 4 heteroatoms. The lowest BCUT2D eigenvalue weighted by atomic mass is 9.74. The van der Waals surface area contributed by atoms with Gasteiger partial charge in [-0.2, -0.15) is 0 Å². The molecule has 1 heterocycles. The third-order valence-corrected chi connectivity index (χ3v) is 5.61. The van der Waals surface area contributed by atoms with Gasteiger partial charge in [-0.1, -0.05) is 47.1 Å². The van der Waals surface area contributed by atoms with Crippen LogP contribution in [0.3, 0.4) is 0 Å². The summed E-state index contributed by atoms with van der Waals surface area (Å²) in [4.78, 5) is 13.5. The van der Waals surface area contributed by atoms with Crippen molar-refractivity contribution in [2.75, 3.05) is 13.1 Å². The number of nitrogens with zero attached hydrogens (tertiary/aromatic N) is 1. The van der Waals surface area contributed by atoms with E-state index < -0.39 is 5.97 Å². The predicted octanol–water partition coefficient (Wildman–Crippen LogP) is 4.70. The summed E-state index contributed by atoms with van der Waals surface area (Å²) in [5.41, 5.74) is 3.06. The van der Waals surface area contributed by atoms with Crippen LogP contribution in [0.5, 0.6) is 0 Å². The van der Waals surface area contributed by atoms with Crippen LogP contribution in [-0.2, 0) is 12.0 Å². The molecule has 2 aromatic rings. The number of likely N-dealkylation sites (tertiary alicyclic amines) is 1. The molecule has 3 rings (SSSR count). The maximum absolute atomic E-state index is 11.1. The van der Waals surface area contributed by atoms with Gasteiger partial charge in [0.2, 0.25) is 0 Å². The van der Waals surface area contributed by atoms with Gasteiger partial charge < -0.3 is 5.11 Å². The molecule has 1 fully saturated rings. The summed E-state index contributed by atoms with van der Waals surface area (Å²) >= 11 is 3.50. The summed E-state index contributed by atoms with van der Waals surface area (Å²) in [5, 5.41) is 9.11. The molecule has 0 atom stereocenters. The number of carboxylic acids is 1. The van der Waals surface area contributed by atoms with E-state index in [0.717, 1.165) is 42.5 Å². The number of rotatable bonds is 4. The molecule has 2 aromatic carbocycles. The molecule has 0 bridgehead atoms. The number of carboxylic acid groups (broad SMARTS) is 1. The van der Waals surface area contributed by atoms with Gasteiger partial charge >= 0.3 is 5.97 Å². The zero-order valence-electron chi connectivity index (χ0n) is 13.8. The minimum absolute atomic E-state index is 0.222. The molecule has 1 aliphatic heterocycles. The normalized spacial score (nSPS) is 17.6. The molecular weight excluding hydrogens is 366 g/mol. The van der Waals surface area contributed by atoms with Gasteiger partial charge in [0.05, 0.1) is 5.56 Å². The highest BCUT2D eigenvalue weighted by atomic mass is 79.9. The number of aromatic carboxylic acids is 1. The van der Waals surface area contributed by atoms with Crippen molar-refractivity contribution in [3.05, 3.63) is 69.7 Å². The van der Waals surface area contributed by atoms with Crippen molar-refractivity contribution in [1.29, 1.82) is 0 Å². The SMILES string of the molecule is CC1(c2ccc(Br)cc2)CCN(Cc2cccc(C(=O)O)c2)CC1. The van der Waals surface area contributed by atoms with Crippen LogP contribution >= 0.6 is 15.9 Å². The van der Waals surface area contributed by atoms with E-state index in [-0.39, 0.29) is 5.41 Å². The molecule has 0 spiro atoms. The zero-order valence-corrected chi connectivity index (χ0v) is 15.4. The average molecular weight is 388 g/mol. The van der Waals surface area contributed by atoms with E-state index in [1.54, 1.807) is 12.1 Å². The first-order valence-electron chi connectivity index (χ1n) is 8.27. The van der Waals surface area contributed by atoms with Crippen molar-refractivity contribution < 1.29 is 9.90 Å². The average Bonchev–Trinajstić information content (AvgIpc) is 2.58. The topological polar surface area (TPSA) is 40.5 Å². The molecule has 0 saturated carbocycles. The van der Waals surface area contributed by atoms with E-state index in [1.165, 1.54) is 5.56 Å². The second-order valence-corrected chi connectivity index (χ2v) is 7.76. The quantitative estimate of drug-likeness (QED) is 0.826. The first-order chi connectivity index (χ1) is 11.5. The predicted molar refractivity (Wildman–Crippen MR) is 99.4 cm³/mol. The van der Waals surface area contributed by atoms with E-state index in [0.29, 0.717) is 5.56 Å². The molecule has 0 amide bonds. The largest absolute Gasteiger partial charge is 0.478 e. The second-order valence-electron chi connectivity index (χ2n) is 6.85. The van der Waals surface area contributed by atoms with E-state index in [1.807, 2.05) is 12.1 Å². The Labute approximate surface area is 151 Å². The second kappa shape index (κ2) is 7.08. The Bertz CT molecular complexity index is 719. The number of halogens is 1. The lowest BCUT2D eigenvalue weighted by Crippen LogP contribution is -2.40. The fraction of sp³-hybridized carbons (Fsp3) is 0.350. The summed E-state index contributed by atoms with van der Waals surface area (Å²) in [6, 6.07) is 15.9. The zero-order chi connectivity index (χ0) is 17.2. The maximum atomic E-state index is 11.1. The molecule has 24 heavy (non-hydrogen) atoms. The molecule has 126 valence electrons. The van der Waals surface area contributed by atoms with Gasteiger partial charge in [-0.15, -0.1) is 0 Å². The van der Waals surface area contributed by atoms with E-state index in [9.17, 15) is 4.79 Å². The fourth-order valence-electron chi connectivity index (χ4n) is 3.41. The summed E-state index contributed by atoms with van der Waals surface area (Å²) < 4.78 is 1.12. The maximum Gasteiger partial charge on any atom is 0.335 e. The molecule has 0 aliphatic carbocycles. The lowest BCUT2D eigenvalue weighted by Gasteiger charge is -2.40. The minimum atomic E-state index is -0.863. The molecule has 0 aromatic heterocycles. The first-order valence-corrected chi connectivity index (χ1v) is 9.06. The summed E-state index contributed by atoms with van der Waals surface area (Å²) in [5.74, 6) is -0.863. The molecule has 1 N–H and O–H groups in total. The molecule has 0 unspecified atom stereocenters. The van der Waals surface area contributed by atoms with Crippen LogP contribution in [-0.4, -0.2) is 29.1 Å². The van der Waals surface area contributed by atoms with Gasteiger partial charge in [0.1, 0.15) is 0 Å². The Hall–Kier alpha value is -1.65.